The van der Waals surface area contributed by atoms with Crippen LogP contribution in [-0.4, -0.2) is 42.9 Å². The van der Waals surface area contributed by atoms with E-state index in [-0.39, 0.29) is 34.6 Å². The zero-order chi connectivity index (χ0) is 14.6. The van der Waals surface area contributed by atoms with Gasteiger partial charge in [0.15, 0.2) is 11.5 Å². The van der Waals surface area contributed by atoms with Gasteiger partial charge in [-0.05, 0) is 44.5 Å². The highest BCUT2D eigenvalue weighted by atomic mass is 79.9. The van der Waals surface area contributed by atoms with Gasteiger partial charge in [0.25, 0.3) is 0 Å². The van der Waals surface area contributed by atoms with Crippen LogP contribution >= 0.6 is 17.0 Å². The van der Waals surface area contributed by atoms with E-state index in [2.05, 4.69) is 18.0 Å². The van der Waals surface area contributed by atoms with E-state index < -0.39 is 0 Å². The van der Waals surface area contributed by atoms with Gasteiger partial charge in [-0.1, -0.05) is 6.07 Å². The Morgan fingerprint density at radius 3 is 2.95 bits per heavy atom. The molecule has 2 aliphatic heterocycles. The van der Waals surface area contributed by atoms with Crippen LogP contribution in [0.25, 0.3) is 0 Å². The number of nitrogens with zero attached hydrogens (tertiary/aromatic N) is 1. The fourth-order valence-corrected chi connectivity index (χ4v) is 4.50. The molecule has 5 heteroatoms. The highest BCUT2D eigenvalue weighted by Crippen LogP contribution is 2.57. The average molecular weight is 370 g/mol. The molecule has 122 valence electrons. The molecule has 1 fully saturated rings. The Balaban J connectivity index is 0.00000144. The summed E-state index contributed by atoms with van der Waals surface area (Å²) in [5, 5.41) is 10.1. The molecule has 0 radical (unpaired) electrons. The third-order valence-corrected chi connectivity index (χ3v) is 5.59. The van der Waals surface area contributed by atoms with E-state index in [4.69, 9.17) is 9.47 Å². The molecule has 0 aromatic heterocycles. The predicted octanol–water partition coefficient (Wildman–Crippen LogP) is 2.65. The van der Waals surface area contributed by atoms with Crippen molar-refractivity contribution in [2.24, 2.45) is 0 Å². The largest absolute Gasteiger partial charge is 0.493 e. The van der Waals surface area contributed by atoms with Crippen molar-refractivity contribution < 1.29 is 14.6 Å². The lowest BCUT2D eigenvalue weighted by Crippen LogP contribution is -2.45. The lowest BCUT2D eigenvalue weighted by Gasteiger charge is -2.40. The Kier molecular flexibility index (Phi) is 4.16. The van der Waals surface area contributed by atoms with Gasteiger partial charge < -0.3 is 19.5 Å². The van der Waals surface area contributed by atoms with Crippen molar-refractivity contribution in [3.63, 3.8) is 0 Å². The van der Waals surface area contributed by atoms with Gasteiger partial charge in [0.05, 0.1) is 13.2 Å². The van der Waals surface area contributed by atoms with E-state index in [0.717, 1.165) is 50.3 Å². The van der Waals surface area contributed by atoms with Gasteiger partial charge in [0, 0.05) is 23.9 Å². The second kappa shape index (κ2) is 5.69. The Morgan fingerprint density at radius 1 is 1.36 bits per heavy atom. The fourth-order valence-electron chi connectivity index (χ4n) is 4.50. The van der Waals surface area contributed by atoms with Gasteiger partial charge >= 0.3 is 0 Å². The normalized spacial score (nSPS) is 33.0. The molecule has 0 bridgehead atoms. The van der Waals surface area contributed by atoms with Crippen molar-refractivity contribution in [1.29, 1.82) is 0 Å². The number of aliphatic hydroxyl groups excluding tert-OH is 1. The van der Waals surface area contributed by atoms with Crippen LogP contribution in [0.2, 0.25) is 0 Å². The summed E-state index contributed by atoms with van der Waals surface area (Å²) in [7, 11) is 3.88. The molecule has 1 saturated carbocycles. The van der Waals surface area contributed by atoms with Crippen molar-refractivity contribution in [2.45, 2.75) is 49.9 Å². The van der Waals surface area contributed by atoms with Gasteiger partial charge in [0.2, 0.25) is 0 Å². The maximum Gasteiger partial charge on any atom is 0.165 e. The Hall–Kier alpha value is -0.780. The average Bonchev–Trinajstić information content (AvgIpc) is 2.72. The Labute approximate surface area is 142 Å². The van der Waals surface area contributed by atoms with Crippen LogP contribution in [0.15, 0.2) is 12.1 Å². The van der Waals surface area contributed by atoms with E-state index in [1.807, 2.05) is 6.07 Å². The van der Waals surface area contributed by atoms with Crippen LogP contribution in [0, 0.1) is 0 Å². The molecule has 0 saturated heterocycles. The van der Waals surface area contributed by atoms with Crippen LogP contribution in [0.1, 0.15) is 36.8 Å². The summed E-state index contributed by atoms with van der Waals surface area (Å²) in [4.78, 5) is 2.39. The molecule has 3 atom stereocenters. The van der Waals surface area contributed by atoms with Gasteiger partial charge in [-0.2, -0.15) is 0 Å². The maximum atomic E-state index is 10.1. The quantitative estimate of drug-likeness (QED) is 0.826. The van der Waals surface area contributed by atoms with Crippen molar-refractivity contribution in [3.8, 4) is 11.5 Å². The number of ether oxygens (including phenoxy) is 2. The first-order valence-electron chi connectivity index (χ1n) is 7.87. The van der Waals surface area contributed by atoms with Crippen LogP contribution in [0.5, 0.6) is 11.5 Å². The number of methoxy groups -OCH3 is 1. The summed E-state index contributed by atoms with van der Waals surface area (Å²) in [5.74, 6) is 1.77. The van der Waals surface area contributed by atoms with Crippen molar-refractivity contribution in [1.82, 2.24) is 4.90 Å². The van der Waals surface area contributed by atoms with Gasteiger partial charge in [-0.3, -0.25) is 0 Å². The molecule has 4 rings (SSSR count). The molecule has 0 amide bonds. The zero-order valence-corrected chi connectivity index (χ0v) is 14.9. The molecule has 4 nitrogen and oxygen atoms in total. The van der Waals surface area contributed by atoms with E-state index >= 15 is 0 Å². The summed E-state index contributed by atoms with van der Waals surface area (Å²) in [6.07, 6.45) is 3.59. The van der Waals surface area contributed by atoms with E-state index in [0.29, 0.717) is 0 Å². The molecule has 1 N–H and O–H groups in total. The Bertz CT molecular complexity index is 579. The number of benzene rings is 1. The van der Waals surface area contributed by atoms with E-state index in [1.165, 1.54) is 11.1 Å². The third-order valence-electron chi connectivity index (χ3n) is 5.59. The van der Waals surface area contributed by atoms with Crippen LogP contribution in [-0.2, 0) is 12.0 Å². The third kappa shape index (κ3) is 2.17. The minimum absolute atomic E-state index is 0. The summed E-state index contributed by atoms with van der Waals surface area (Å²) in [6.45, 7) is 2.04. The van der Waals surface area contributed by atoms with Crippen molar-refractivity contribution in [2.75, 3.05) is 20.7 Å². The van der Waals surface area contributed by atoms with Crippen LogP contribution in [0.4, 0.5) is 0 Å². The van der Waals surface area contributed by atoms with Crippen molar-refractivity contribution >= 4 is 17.0 Å². The highest BCUT2D eigenvalue weighted by Gasteiger charge is 2.54. The van der Waals surface area contributed by atoms with Gasteiger partial charge in [-0.15, -0.1) is 17.0 Å². The molecule has 1 aromatic carbocycles. The molecule has 1 spiro atoms. The second-order valence-electron chi connectivity index (χ2n) is 6.81. The van der Waals surface area contributed by atoms with Crippen LogP contribution in [0.3, 0.4) is 0 Å². The first-order valence-corrected chi connectivity index (χ1v) is 7.87. The minimum atomic E-state index is -0.231. The number of aliphatic hydroxyl groups is 1. The molecule has 1 aliphatic carbocycles. The topological polar surface area (TPSA) is 41.9 Å². The maximum absolute atomic E-state index is 10.1. The zero-order valence-electron chi connectivity index (χ0n) is 13.2. The number of hydrogen-bond acceptors (Lipinski definition) is 4. The van der Waals surface area contributed by atoms with E-state index in [1.54, 1.807) is 7.11 Å². The summed E-state index contributed by atoms with van der Waals surface area (Å²) < 4.78 is 11.8. The highest BCUT2D eigenvalue weighted by molar-refractivity contribution is 8.93. The summed E-state index contributed by atoms with van der Waals surface area (Å²) >= 11 is 0. The SMILES string of the molecule is Br.COc1ccc2c3c1OC1CC(O)CC[C@@]31CCN(C)C2. The Morgan fingerprint density at radius 2 is 2.18 bits per heavy atom. The first-order chi connectivity index (χ1) is 10.1. The number of halogens is 1. The molecule has 2 unspecified atom stereocenters. The minimum Gasteiger partial charge on any atom is -0.493 e. The fraction of sp³-hybridized carbons (Fsp3) is 0.647. The summed E-state index contributed by atoms with van der Waals surface area (Å²) in [6, 6.07) is 4.22. The van der Waals surface area contributed by atoms with Gasteiger partial charge in [0.1, 0.15) is 6.10 Å². The second-order valence-corrected chi connectivity index (χ2v) is 6.81. The molecule has 3 aliphatic rings. The molecule has 2 heterocycles. The summed E-state index contributed by atoms with van der Waals surface area (Å²) in [5.41, 5.74) is 2.80. The van der Waals surface area contributed by atoms with Crippen molar-refractivity contribution in [3.05, 3.63) is 23.3 Å². The van der Waals surface area contributed by atoms with Gasteiger partial charge in [-0.25, -0.2) is 0 Å². The standard InChI is InChI=1S/C17H23NO3.BrH/c1-18-8-7-17-6-5-12(19)9-14(17)21-16-13(20-2)4-3-11(10-18)15(16)17;/h3-4,12,14,19H,5-10H2,1-2H3;1H/t12?,14?,17-;/m0./s1. The number of hydrogen-bond donors (Lipinski definition) is 1. The lowest BCUT2D eigenvalue weighted by atomic mass is 9.65. The molecular weight excluding hydrogens is 346 g/mol. The molecular formula is C17H24BrNO3. The van der Waals surface area contributed by atoms with Crippen LogP contribution < -0.4 is 9.47 Å². The van der Waals surface area contributed by atoms with E-state index in [9.17, 15) is 5.11 Å². The monoisotopic (exact) mass is 369 g/mol. The molecule has 22 heavy (non-hydrogen) atoms. The smallest absolute Gasteiger partial charge is 0.165 e. The lowest BCUT2D eigenvalue weighted by molar-refractivity contribution is 0.0120. The molecule has 1 aromatic rings. The predicted molar refractivity (Wildman–Crippen MR) is 90.2 cm³/mol. The number of rotatable bonds is 1. The first kappa shape index (κ1) is 16.1.